The molecule has 0 saturated carbocycles. The Hall–Kier alpha value is -2.28. The van der Waals surface area contributed by atoms with Crippen molar-refractivity contribution in [3.8, 4) is 6.07 Å². The van der Waals surface area contributed by atoms with E-state index in [1.54, 1.807) is 0 Å². The number of aliphatic hydroxyl groups excluding tert-OH is 1. The summed E-state index contributed by atoms with van der Waals surface area (Å²) in [7, 11) is -1.91. The molecule has 1 heterocycles. The standard InChI is InChI=1S/C21H25N3O4S/c1-24(11-10-16-6-3-2-4-7-16)14-20-21(25)19(15-28-20)23-29(26,27)18-9-5-8-17(12-18)13-22/h2-9,12,19-21,23,25H,10-11,14-15H2,1H3. The van der Waals surface area contributed by atoms with Crippen molar-refractivity contribution in [1.29, 1.82) is 5.26 Å². The fourth-order valence-corrected chi connectivity index (χ4v) is 4.59. The van der Waals surface area contributed by atoms with Gasteiger partial charge in [-0.3, -0.25) is 0 Å². The van der Waals surface area contributed by atoms with E-state index in [-0.39, 0.29) is 17.1 Å². The summed E-state index contributed by atoms with van der Waals surface area (Å²) in [6, 6.07) is 17.1. The van der Waals surface area contributed by atoms with Crippen LogP contribution >= 0.6 is 0 Å². The largest absolute Gasteiger partial charge is 0.389 e. The zero-order chi connectivity index (χ0) is 20.9. The van der Waals surface area contributed by atoms with E-state index < -0.39 is 28.3 Å². The number of nitriles is 1. The average molecular weight is 416 g/mol. The number of hydrogen-bond acceptors (Lipinski definition) is 6. The van der Waals surface area contributed by atoms with Gasteiger partial charge in [0.15, 0.2) is 0 Å². The number of aliphatic hydroxyl groups is 1. The predicted molar refractivity (Wildman–Crippen MR) is 109 cm³/mol. The van der Waals surface area contributed by atoms with Crippen molar-refractivity contribution in [2.24, 2.45) is 0 Å². The van der Waals surface area contributed by atoms with Crippen molar-refractivity contribution < 1.29 is 18.3 Å². The fourth-order valence-electron chi connectivity index (χ4n) is 3.31. The van der Waals surface area contributed by atoms with E-state index in [4.69, 9.17) is 10.00 Å². The molecule has 0 aromatic heterocycles. The Balaban J connectivity index is 1.55. The first kappa shape index (κ1) is 21.4. The van der Waals surface area contributed by atoms with Crippen LogP contribution in [0.1, 0.15) is 11.1 Å². The average Bonchev–Trinajstić information content (AvgIpc) is 3.06. The Morgan fingerprint density at radius 1 is 1.24 bits per heavy atom. The van der Waals surface area contributed by atoms with Crippen LogP contribution in [-0.4, -0.2) is 63.4 Å². The lowest BCUT2D eigenvalue weighted by molar-refractivity contribution is 0.0207. The van der Waals surface area contributed by atoms with Gasteiger partial charge >= 0.3 is 0 Å². The zero-order valence-electron chi connectivity index (χ0n) is 16.2. The van der Waals surface area contributed by atoms with E-state index in [2.05, 4.69) is 21.8 Å². The fraction of sp³-hybridized carbons (Fsp3) is 0.381. The Morgan fingerprint density at radius 3 is 2.72 bits per heavy atom. The highest BCUT2D eigenvalue weighted by atomic mass is 32.2. The molecular weight excluding hydrogens is 390 g/mol. The highest BCUT2D eigenvalue weighted by Crippen LogP contribution is 2.19. The third-order valence-electron chi connectivity index (χ3n) is 4.98. The third-order valence-corrected chi connectivity index (χ3v) is 6.47. The molecule has 3 atom stereocenters. The highest BCUT2D eigenvalue weighted by molar-refractivity contribution is 7.89. The minimum absolute atomic E-state index is 0.00724. The van der Waals surface area contributed by atoms with Crippen LogP contribution in [0.15, 0.2) is 59.5 Å². The number of benzene rings is 2. The van der Waals surface area contributed by atoms with Crippen LogP contribution < -0.4 is 4.72 Å². The van der Waals surface area contributed by atoms with E-state index in [1.807, 2.05) is 31.3 Å². The molecule has 1 aliphatic heterocycles. The second-order valence-electron chi connectivity index (χ2n) is 7.23. The van der Waals surface area contributed by atoms with E-state index in [0.717, 1.165) is 13.0 Å². The number of nitrogens with one attached hydrogen (secondary N) is 1. The summed E-state index contributed by atoms with van der Waals surface area (Å²) >= 11 is 0. The molecule has 1 fully saturated rings. The Morgan fingerprint density at radius 2 is 2.00 bits per heavy atom. The molecule has 0 bridgehead atoms. The van der Waals surface area contributed by atoms with Gasteiger partial charge in [-0.05, 0) is 37.2 Å². The maximum Gasteiger partial charge on any atom is 0.241 e. The van der Waals surface area contributed by atoms with Gasteiger partial charge in [0.05, 0.1) is 41.4 Å². The van der Waals surface area contributed by atoms with Crippen molar-refractivity contribution >= 4 is 10.0 Å². The van der Waals surface area contributed by atoms with E-state index in [0.29, 0.717) is 6.54 Å². The number of sulfonamides is 1. The topological polar surface area (TPSA) is 103 Å². The second kappa shape index (κ2) is 9.48. The van der Waals surface area contributed by atoms with Gasteiger partial charge in [-0.2, -0.15) is 5.26 Å². The van der Waals surface area contributed by atoms with Gasteiger partial charge < -0.3 is 14.7 Å². The first-order valence-electron chi connectivity index (χ1n) is 9.43. The summed E-state index contributed by atoms with van der Waals surface area (Å²) in [5.41, 5.74) is 1.49. The molecule has 2 N–H and O–H groups in total. The molecule has 0 spiro atoms. The minimum atomic E-state index is -3.86. The van der Waals surface area contributed by atoms with Crippen molar-refractivity contribution in [3.05, 3.63) is 65.7 Å². The van der Waals surface area contributed by atoms with Gasteiger partial charge in [0, 0.05) is 13.1 Å². The molecule has 0 radical (unpaired) electrons. The van der Waals surface area contributed by atoms with Crippen LogP contribution in [-0.2, 0) is 21.2 Å². The number of likely N-dealkylation sites (N-methyl/N-ethyl adjacent to an activating group) is 1. The third kappa shape index (κ3) is 5.63. The molecule has 154 valence electrons. The lowest BCUT2D eigenvalue weighted by atomic mass is 10.1. The van der Waals surface area contributed by atoms with Gasteiger partial charge in [0.2, 0.25) is 10.0 Å². The molecule has 3 rings (SSSR count). The quantitative estimate of drug-likeness (QED) is 0.670. The summed E-state index contributed by atoms with van der Waals surface area (Å²) in [6.07, 6.45) is -0.553. The molecule has 1 saturated heterocycles. The van der Waals surface area contributed by atoms with Crippen LogP contribution in [0.5, 0.6) is 0 Å². The number of rotatable bonds is 8. The normalized spacial score (nSPS) is 21.9. The van der Waals surface area contributed by atoms with Crippen LogP contribution in [0.25, 0.3) is 0 Å². The monoisotopic (exact) mass is 415 g/mol. The Labute approximate surface area is 171 Å². The maximum absolute atomic E-state index is 12.6. The van der Waals surface area contributed by atoms with Crippen molar-refractivity contribution in [2.45, 2.75) is 29.6 Å². The number of nitrogens with zero attached hydrogens (tertiary/aromatic N) is 2. The van der Waals surface area contributed by atoms with Crippen LogP contribution in [0.3, 0.4) is 0 Å². The van der Waals surface area contributed by atoms with Crippen molar-refractivity contribution in [2.75, 3.05) is 26.7 Å². The van der Waals surface area contributed by atoms with E-state index in [9.17, 15) is 13.5 Å². The number of hydrogen-bond donors (Lipinski definition) is 2. The smallest absolute Gasteiger partial charge is 0.241 e. The minimum Gasteiger partial charge on any atom is -0.389 e. The molecule has 29 heavy (non-hydrogen) atoms. The SMILES string of the molecule is CN(CCc1ccccc1)CC1OCC(NS(=O)(=O)c2cccc(C#N)c2)C1O. The summed E-state index contributed by atoms with van der Waals surface area (Å²) in [6.45, 7) is 1.39. The lowest BCUT2D eigenvalue weighted by Gasteiger charge is -2.23. The molecule has 3 unspecified atom stereocenters. The van der Waals surface area contributed by atoms with Crippen LogP contribution in [0, 0.1) is 11.3 Å². The molecule has 8 heteroatoms. The summed E-state index contributed by atoms with van der Waals surface area (Å²) in [5.74, 6) is 0. The first-order valence-corrected chi connectivity index (χ1v) is 10.9. The molecule has 2 aromatic carbocycles. The zero-order valence-corrected chi connectivity index (χ0v) is 17.0. The van der Waals surface area contributed by atoms with E-state index in [1.165, 1.54) is 29.8 Å². The summed E-state index contributed by atoms with van der Waals surface area (Å²) in [5, 5.41) is 19.5. The summed E-state index contributed by atoms with van der Waals surface area (Å²) in [4.78, 5) is 2.06. The van der Waals surface area contributed by atoms with Crippen LogP contribution in [0.2, 0.25) is 0 Å². The predicted octanol–water partition coefficient (Wildman–Crippen LogP) is 1.14. The van der Waals surface area contributed by atoms with Gasteiger partial charge in [-0.25, -0.2) is 13.1 Å². The first-order chi connectivity index (χ1) is 13.9. The van der Waals surface area contributed by atoms with Gasteiger partial charge in [0.25, 0.3) is 0 Å². The van der Waals surface area contributed by atoms with Crippen molar-refractivity contribution in [1.82, 2.24) is 9.62 Å². The maximum atomic E-state index is 12.6. The molecular formula is C21H25N3O4S. The van der Waals surface area contributed by atoms with Crippen LogP contribution in [0.4, 0.5) is 0 Å². The highest BCUT2D eigenvalue weighted by Gasteiger charge is 2.38. The van der Waals surface area contributed by atoms with E-state index >= 15 is 0 Å². The van der Waals surface area contributed by atoms with Gasteiger partial charge in [0.1, 0.15) is 0 Å². The van der Waals surface area contributed by atoms with Gasteiger partial charge in [-0.15, -0.1) is 0 Å². The lowest BCUT2D eigenvalue weighted by Crippen LogP contribution is -2.46. The molecule has 2 aromatic rings. The molecule has 0 amide bonds. The Kier molecular flexibility index (Phi) is 7.00. The Bertz CT molecular complexity index is 959. The van der Waals surface area contributed by atoms with Gasteiger partial charge in [-0.1, -0.05) is 36.4 Å². The number of ether oxygens (including phenoxy) is 1. The van der Waals surface area contributed by atoms with Crippen molar-refractivity contribution in [3.63, 3.8) is 0 Å². The second-order valence-corrected chi connectivity index (χ2v) is 8.94. The molecule has 1 aliphatic rings. The summed E-state index contributed by atoms with van der Waals surface area (Å²) < 4.78 is 33.3. The molecule has 0 aliphatic carbocycles. The molecule has 7 nitrogen and oxygen atoms in total.